The molecule has 2 aromatic rings. The minimum absolute atomic E-state index is 0.0912. The summed E-state index contributed by atoms with van der Waals surface area (Å²) < 4.78 is 36.5. The first kappa shape index (κ1) is 15.3. The van der Waals surface area contributed by atoms with Crippen LogP contribution in [0, 0.1) is 0 Å². The van der Waals surface area contributed by atoms with Crippen molar-refractivity contribution in [1.82, 2.24) is 10.3 Å². The van der Waals surface area contributed by atoms with Gasteiger partial charge in [0.05, 0.1) is 5.01 Å². The van der Waals surface area contributed by atoms with Gasteiger partial charge in [-0.15, -0.1) is 11.3 Å². The molecule has 108 valence electrons. The maximum absolute atomic E-state index is 12.2. The van der Waals surface area contributed by atoms with Crippen LogP contribution >= 0.6 is 23.1 Å². The van der Waals surface area contributed by atoms with Crippen molar-refractivity contribution in [2.45, 2.75) is 23.4 Å². The van der Waals surface area contributed by atoms with Crippen LogP contribution in [0.5, 0.6) is 0 Å². The van der Waals surface area contributed by atoms with Crippen LogP contribution in [-0.4, -0.2) is 17.0 Å². The minimum atomic E-state index is -4.23. The molecule has 1 aromatic heterocycles. The van der Waals surface area contributed by atoms with Gasteiger partial charge in [-0.2, -0.15) is 13.2 Å². The molecule has 0 atom stereocenters. The molecule has 1 aromatic carbocycles. The first-order valence-corrected chi connectivity index (χ1v) is 7.66. The highest BCUT2D eigenvalue weighted by molar-refractivity contribution is 8.00. The molecule has 0 saturated carbocycles. The van der Waals surface area contributed by atoms with E-state index >= 15 is 0 Å². The predicted molar refractivity (Wildman–Crippen MR) is 75.9 cm³/mol. The van der Waals surface area contributed by atoms with Crippen LogP contribution in [0.2, 0.25) is 0 Å². The standard InChI is InChI=1S/C13H13F3N2S2/c14-13(15,16)20-11-3-1-10(2-4-11)9-17-6-5-12-18-7-8-19-12/h1-4,7-8,17H,5-6,9H2. The smallest absolute Gasteiger partial charge is 0.312 e. The second-order valence-corrected chi connectivity index (χ2v) is 6.16. The van der Waals surface area contributed by atoms with E-state index in [9.17, 15) is 13.2 Å². The van der Waals surface area contributed by atoms with Gasteiger partial charge in [0.25, 0.3) is 0 Å². The van der Waals surface area contributed by atoms with Gasteiger partial charge in [0.15, 0.2) is 0 Å². The van der Waals surface area contributed by atoms with Crippen LogP contribution < -0.4 is 5.32 Å². The average Bonchev–Trinajstić information content (AvgIpc) is 2.88. The van der Waals surface area contributed by atoms with Gasteiger partial charge in [-0.05, 0) is 29.5 Å². The van der Waals surface area contributed by atoms with Crippen LogP contribution in [0.15, 0.2) is 40.7 Å². The molecule has 2 rings (SSSR count). The Morgan fingerprint density at radius 2 is 1.95 bits per heavy atom. The second-order valence-electron chi connectivity index (χ2n) is 4.04. The topological polar surface area (TPSA) is 24.9 Å². The van der Waals surface area contributed by atoms with E-state index in [0.29, 0.717) is 6.54 Å². The summed E-state index contributed by atoms with van der Waals surface area (Å²) in [6.07, 6.45) is 2.64. The normalized spacial score (nSPS) is 11.8. The molecule has 0 aliphatic carbocycles. The first-order valence-electron chi connectivity index (χ1n) is 5.97. The number of aromatic nitrogens is 1. The third kappa shape index (κ3) is 5.52. The molecule has 0 aliphatic heterocycles. The molecular formula is C13H13F3N2S2. The molecule has 0 spiro atoms. The third-order valence-electron chi connectivity index (χ3n) is 2.49. The fourth-order valence-corrected chi connectivity index (χ4v) is 2.77. The van der Waals surface area contributed by atoms with Gasteiger partial charge in [-0.25, -0.2) is 4.98 Å². The lowest BCUT2D eigenvalue weighted by atomic mass is 10.2. The lowest BCUT2D eigenvalue weighted by Crippen LogP contribution is -2.16. The lowest BCUT2D eigenvalue weighted by Gasteiger charge is -2.07. The van der Waals surface area contributed by atoms with Crippen molar-refractivity contribution in [2.24, 2.45) is 0 Å². The van der Waals surface area contributed by atoms with Crippen molar-refractivity contribution in [3.8, 4) is 0 Å². The van der Waals surface area contributed by atoms with E-state index in [1.807, 2.05) is 5.38 Å². The summed E-state index contributed by atoms with van der Waals surface area (Å²) in [6, 6.07) is 6.42. The molecule has 0 aliphatic rings. The Bertz CT molecular complexity index is 509. The quantitative estimate of drug-likeness (QED) is 0.641. The molecule has 0 bridgehead atoms. The SMILES string of the molecule is FC(F)(F)Sc1ccc(CNCCc2nccs2)cc1. The summed E-state index contributed by atoms with van der Waals surface area (Å²) in [5.74, 6) is 0. The van der Waals surface area contributed by atoms with E-state index in [-0.39, 0.29) is 16.7 Å². The Morgan fingerprint density at radius 1 is 1.20 bits per heavy atom. The number of hydrogen-bond donors (Lipinski definition) is 1. The fraction of sp³-hybridized carbons (Fsp3) is 0.308. The average molecular weight is 318 g/mol. The van der Waals surface area contributed by atoms with E-state index in [1.165, 1.54) is 12.1 Å². The maximum atomic E-state index is 12.2. The van der Waals surface area contributed by atoms with Crippen molar-refractivity contribution in [2.75, 3.05) is 6.54 Å². The summed E-state index contributed by atoms with van der Waals surface area (Å²) in [4.78, 5) is 4.39. The molecule has 0 radical (unpaired) electrons. The zero-order valence-corrected chi connectivity index (χ0v) is 12.1. The Morgan fingerprint density at radius 3 is 2.55 bits per heavy atom. The Labute approximate surface area is 123 Å². The third-order valence-corrected chi connectivity index (χ3v) is 4.06. The summed E-state index contributed by atoms with van der Waals surface area (Å²) in [5, 5.41) is 6.26. The van der Waals surface area contributed by atoms with Gasteiger partial charge in [-0.1, -0.05) is 12.1 Å². The van der Waals surface area contributed by atoms with Crippen LogP contribution in [0.4, 0.5) is 13.2 Å². The van der Waals surface area contributed by atoms with Crippen molar-refractivity contribution < 1.29 is 13.2 Å². The zero-order valence-electron chi connectivity index (χ0n) is 10.5. The van der Waals surface area contributed by atoms with Crippen molar-refractivity contribution in [3.63, 3.8) is 0 Å². The summed E-state index contributed by atoms with van der Waals surface area (Å²) in [6.45, 7) is 1.44. The van der Waals surface area contributed by atoms with Gasteiger partial charge in [0.1, 0.15) is 0 Å². The highest BCUT2D eigenvalue weighted by Gasteiger charge is 2.28. The van der Waals surface area contributed by atoms with Crippen LogP contribution in [-0.2, 0) is 13.0 Å². The number of thioether (sulfide) groups is 1. The van der Waals surface area contributed by atoms with Gasteiger partial charge in [0, 0.05) is 36.0 Å². The van der Waals surface area contributed by atoms with Gasteiger partial charge in [-0.3, -0.25) is 0 Å². The van der Waals surface area contributed by atoms with Crippen molar-refractivity contribution in [1.29, 1.82) is 0 Å². The largest absolute Gasteiger partial charge is 0.446 e. The van der Waals surface area contributed by atoms with E-state index in [2.05, 4.69) is 10.3 Å². The van der Waals surface area contributed by atoms with Gasteiger partial charge < -0.3 is 5.32 Å². The van der Waals surface area contributed by atoms with E-state index in [0.717, 1.165) is 23.5 Å². The lowest BCUT2D eigenvalue weighted by molar-refractivity contribution is -0.0328. The monoisotopic (exact) mass is 318 g/mol. The predicted octanol–water partition coefficient (Wildman–Crippen LogP) is 4.09. The Hall–Kier alpha value is -1.05. The molecule has 2 nitrogen and oxygen atoms in total. The molecule has 7 heteroatoms. The molecular weight excluding hydrogens is 305 g/mol. The van der Waals surface area contributed by atoms with Crippen molar-refractivity contribution in [3.05, 3.63) is 46.4 Å². The minimum Gasteiger partial charge on any atom is -0.312 e. The molecule has 0 fully saturated rings. The molecule has 20 heavy (non-hydrogen) atoms. The van der Waals surface area contributed by atoms with Gasteiger partial charge >= 0.3 is 5.51 Å². The summed E-state index contributed by atoms with van der Waals surface area (Å²) >= 11 is 1.52. The van der Waals surface area contributed by atoms with E-state index in [1.54, 1.807) is 29.7 Å². The number of hydrogen-bond acceptors (Lipinski definition) is 4. The number of nitrogens with zero attached hydrogens (tertiary/aromatic N) is 1. The number of thiazole rings is 1. The van der Waals surface area contributed by atoms with Crippen LogP contribution in [0.3, 0.4) is 0 Å². The molecule has 0 amide bonds. The summed E-state index contributed by atoms with van der Waals surface area (Å²) in [7, 11) is 0. The molecule has 1 heterocycles. The number of nitrogens with one attached hydrogen (secondary N) is 1. The van der Waals surface area contributed by atoms with Gasteiger partial charge in [0.2, 0.25) is 0 Å². The molecule has 0 unspecified atom stereocenters. The van der Waals surface area contributed by atoms with Crippen LogP contribution in [0.1, 0.15) is 10.6 Å². The van der Waals surface area contributed by atoms with Crippen molar-refractivity contribution >= 4 is 23.1 Å². The summed E-state index contributed by atoms with van der Waals surface area (Å²) in [5.41, 5.74) is -3.26. The fourth-order valence-electron chi connectivity index (χ4n) is 1.61. The Balaban J connectivity index is 1.73. The number of halogens is 3. The van der Waals surface area contributed by atoms with E-state index in [4.69, 9.17) is 0 Å². The first-order chi connectivity index (χ1) is 9.53. The second kappa shape index (κ2) is 7.10. The number of alkyl halides is 3. The highest BCUT2D eigenvalue weighted by atomic mass is 32.2. The molecule has 1 N–H and O–H groups in total. The van der Waals surface area contributed by atoms with Crippen LogP contribution in [0.25, 0.3) is 0 Å². The number of benzene rings is 1. The number of rotatable bonds is 6. The highest BCUT2D eigenvalue weighted by Crippen LogP contribution is 2.36. The Kier molecular flexibility index (Phi) is 5.45. The molecule has 0 saturated heterocycles. The zero-order chi connectivity index (χ0) is 14.4. The maximum Gasteiger partial charge on any atom is 0.446 e. The van der Waals surface area contributed by atoms with E-state index < -0.39 is 5.51 Å².